The highest BCUT2D eigenvalue weighted by molar-refractivity contribution is 5.41. The van der Waals surface area contributed by atoms with Gasteiger partial charge in [0.15, 0.2) is 0 Å². The second-order valence-electron chi connectivity index (χ2n) is 7.37. The van der Waals surface area contributed by atoms with Crippen LogP contribution in [0.3, 0.4) is 0 Å². The molecule has 0 radical (unpaired) electrons. The SMILES string of the molecule is COC(CNC1CCC(Nc2nccc(N(C)C)n2)CC1)c1ccccc1. The van der Waals surface area contributed by atoms with Gasteiger partial charge < -0.3 is 20.3 Å². The quantitative estimate of drug-likeness (QED) is 0.745. The summed E-state index contributed by atoms with van der Waals surface area (Å²) in [5.74, 6) is 1.65. The van der Waals surface area contributed by atoms with Crippen LogP contribution in [0.25, 0.3) is 0 Å². The summed E-state index contributed by atoms with van der Waals surface area (Å²) in [6.07, 6.45) is 6.45. The predicted molar refractivity (Wildman–Crippen MR) is 110 cm³/mol. The third-order valence-corrected chi connectivity index (χ3v) is 5.21. The molecule has 146 valence electrons. The Morgan fingerprint density at radius 1 is 1.07 bits per heavy atom. The lowest BCUT2D eigenvalue weighted by molar-refractivity contribution is 0.0974. The summed E-state index contributed by atoms with van der Waals surface area (Å²) in [6, 6.07) is 13.3. The molecule has 1 saturated carbocycles. The van der Waals surface area contributed by atoms with Crippen molar-refractivity contribution in [2.24, 2.45) is 0 Å². The number of hydrogen-bond donors (Lipinski definition) is 2. The summed E-state index contributed by atoms with van der Waals surface area (Å²) in [6.45, 7) is 0.845. The van der Waals surface area contributed by atoms with Gasteiger partial charge in [0.05, 0.1) is 6.10 Å². The van der Waals surface area contributed by atoms with Gasteiger partial charge >= 0.3 is 0 Å². The number of rotatable bonds is 8. The Balaban J connectivity index is 1.44. The Morgan fingerprint density at radius 3 is 2.44 bits per heavy atom. The van der Waals surface area contributed by atoms with Crippen LogP contribution in [-0.2, 0) is 4.74 Å². The Bertz CT molecular complexity index is 686. The molecule has 2 N–H and O–H groups in total. The van der Waals surface area contributed by atoms with Gasteiger partial charge in [-0.3, -0.25) is 0 Å². The normalized spacial score (nSPS) is 20.9. The summed E-state index contributed by atoms with van der Waals surface area (Å²) < 4.78 is 5.66. The van der Waals surface area contributed by atoms with Gasteiger partial charge in [-0.1, -0.05) is 30.3 Å². The van der Waals surface area contributed by atoms with Crippen LogP contribution in [0.2, 0.25) is 0 Å². The molecule has 0 spiro atoms. The lowest BCUT2D eigenvalue weighted by atomic mass is 9.91. The van der Waals surface area contributed by atoms with E-state index in [1.807, 2.05) is 37.3 Å². The van der Waals surface area contributed by atoms with E-state index in [2.05, 4.69) is 44.9 Å². The van der Waals surface area contributed by atoms with E-state index in [-0.39, 0.29) is 6.10 Å². The minimum Gasteiger partial charge on any atom is -0.375 e. The molecule has 1 atom stereocenters. The maximum Gasteiger partial charge on any atom is 0.224 e. The van der Waals surface area contributed by atoms with E-state index < -0.39 is 0 Å². The van der Waals surface area contributed by atoms with Crippen LogP contribution in [-0.4, -0.2) is 49.8 Å². The lowest BCUT2D eigenvalue weighted by Gasteiger charge is -2.31. The van der Waals surface area contributed by atoms with E-state index >= 15 is 0 Å². The predicted octanol–water partition coefficient (Wildman–Crippen LogP) is 3.24. The maximum atomic E-state index is 5.66. The van der Waals surface area contributed by atoms with Gasteiger partial charge in [-0.25, -0.2) is 4.98 Å². The van der Waals surface area contributed by atoms with Crippen molar-refractivity contribution in [1.82, 2.24) is 15.3 Å². The van der Waals surface area contributed by atoms with Crippen LogP contribution >= 0.6 is 0 Å². The van der Waals surface area contributed by atoms with Crippen LogP contribution in [0.5, 0.6) is 0 Å². The number of anilines is 2. The number of nitrogens with one attached hydrogen (secondary N) is 2. The number of benzene rings is 1. The maximum absolute atomic E-state index is 5.66. The van der Waals surface area contributed by atoms with E-state index in [0.29, 0.717) is 12.1 Å². The first-order chi connectivity index (χ1) is 13.2. The average Bonchev–Trinajstić information content (AvgIpc) is 2.71. The lowest BCUT2D eigenvalue weighted by Crippen LogP contribution is -2.39. The summed E-state index contributed by atoms with van der Waals surface area (Å²) in [4.78, 5) is 10.9. The van der Waals surface area contributed by atoms with Gasteiger partial charge in [0, 0.05) is 46.0 Å². The first kappa shape index (κ1) is 19.6. The zero-order valence-electron chi connectivity index (χ0n) is 16.6. The van der Waals surface area contributed by atoms with Gasteiger partial charge in [-0.2, -0.15) is 4.98 Å². The Labute approximate surface area is 162 Å². The fourth-order valence-corrected chi connectivity index (χ4v) is 3.57. The fourth-order valence-electron chi connectivity index (χ4n) is 3.57. The smallest absolute Gasteiger partial charge is 0.224 e. The van der Waals surface area contributed by atoms with Gasteiger partial charge in [-0.15, -0.1) is 0 Å². The van der Waals surface area contributed by atoms with E-state index in [4.69, 9.17) is 4.74 Å². The number of nitrogens with zero attached hydrogens (tertiary/aromatic N) is 3. The largest absolute Gasteiger partial charge is 0.375 e. The second kappa shape index (κ2) is 9.67. The molecule has 0 amide bonds. The first-order valence-electron chi connectivity index (χ1n) is 9.73. The molecule has 0 aliphatic heterocycles. The van der Waals surface area contributed by atoms with Gasteiger partial charge in [0.25, 0.3) is 0 Å². The molecule has 27 heavy (non-hydrogen) atoms. The summed E-state index contributed by atoms with van der Waals surface area (Å²) in [5, 5.41) is 7.19. The molecule has 0 bridgehead atoms. The van der Waals surface area contributed by atoms with Crippen molar-refractivity contribution in [3.8, 4) is 0 Å². The van der Waals surface area contributed by atoms with Gasteiger partial charge in [-0.05, 0) is 37.3 Å². The van der Waals surface area contributed by atoms with Crippen LogP contribution in [0.1, 0.15) is 37.4 Å². The van der Waals surface area contributed by atoms with Crippen molar-refractivity contribution in [2.45, 2.75) is 43.9 Å². The molecule has 1 fully saturated rings. The molecule has 1 aromatic carbocycles. The van der Waals surface area contributed by atoms with Crippen molar-refractivity contribution >= 4 is 11.8 Å². The summed E-state index contributed by atoms with van der Waals surface area (Å²) in [5.41, 5.74) is 1.22. The molecule has 6 heteroatoms. The highest BCUT2D eigenvalue weighted by Gasteiger charge is 2.22. The minimum absolute atomic E-state index is 0.101. The fraction of sp³-hybridized carbons (Fsp3) is 0.524. The molecule has 3 rings (SSSR count). The average molecular weight is 370 g/mol. The molecular formula is C21H31N5O. The molecule has 1 aliphatic rings. The Kier molecular flexibility index (Phi) is 7.01. The summed E-state index contributed by atoms with van der Waals surface area (Å²) >= 11 is 0. The molecule has 1 heterocycles. The topological polar surface area (TPSA) is 62.3 Å². The zero-order valence-corrected chi connectivity index (χ0v) is 16.6. The van der Waals surface area contributed by atoms with Gasteiger partial charge in [0.1, 0.15) is 5.82 Å². The third kappa shape index (κ3) is 5.65. The highest BCUT2D eigenvalue weighted by atomic mass is 16.5. The van der Waals surface area contributed by atoms with Crippen molar-refractivity contribution in [2.75, 3.05) is 38.0 Å². The molecule has 6 nitrogen and oxygen atoms in total. The van der Waals surface area contributed by atoms with Crippen LogP contribution < -0.4 is 15.5 Å². The van der Waals surface area contributed by atoms with Crippen molar-refractivity contribution in [3.63, 3.8) is 0 Å². The number of hydrogen-bond acceptors (Lipinski definition) is 6. The number of ether oxygens (including phenoxy) is 1. The molecular weight excluding hydrogens is 338 g/mol. The zero-order chi connectivity index (χ0) is 19.1. The van der Waals surface area contributed by atoms with Crippen molar-refractivity contribution in [1.29, 1.82) is 0 Å². The van der Waals surface area contributed by atoms with Crippen LogP contribution in [0, 0.1) is 0 Å². The third-order valence-electron chi connectivity index (χ3n) is 5.21. The number of methoxy groups -OCH3 is 1. The molecule has 1 unspecified atom stereocenters. The van der Waals surface area contributed by atoms with E-state index in [9.17, 15) is 0 Å². The van der Waals surface area contributed by atoms with Crippen molar-refractivity contribution < 1.29 is 4.74 Å². The standard InChI is InChI=1S/C21H31N5O/c1-26(2)20-13-14-22-21(25-20)24-18-11-9-17(10-12-18)23-15-19(27-3)16-7-5-4-6-8-16/h4-8,13-14,17-19,23H,9-12,15H2,1-3H3,(H,22,24,25). The Morgan fingerprint density at radius 2 is 1.78 bits per heavy atom. The van der Waals surface area contributed by atoms with Gasteiger partial charge in [0.2, 0.25) is 5.95 Å². The van der Waals surface area contributed by atoms with E-state index in [1.165, 1.54) is 5.56 Å². The highest BCUT2D eigenvalue weighted by Crippen LogP contribution is 2.23. The molecule has 1 aromatic heterocycles. The minimum atomic E-state index is 0.101. The second-order valence-corrected chi connectivity index (χ2v) is 7.37. The molecule has 2 aromatic rings. The van der Waals surface area contributed by atoms with E-state index in [1.54, 1.807) is 7.11 Å². The Hall–Kier alpha value is -2.18. The molecule has 1 aliphatic carbocycles. The first-order valence-corrected chi connectivity index (χ1v) is 9.73. The van der Waals surface area contributed by atoms with Crippen molar-refractivity contribution in [3.05, 3.63) is 48.2 Å². The number of aromatic nitrogens is 2. The van der Waals surface area contributed by atoms with Crippen LogP contribution in [0.4, 0.5) is 11.8 Å². The van der Waals surface area contributed by atoms with E-state index in [0.717, 1.165) is 44.0 Å². The summed E-state index contributed by atoms with van der Waals surface area (Å²) in [7, 11) is 5.76. The monoisotopic (exact) mass is 369 g/mol. The molecule has 0 saturated heterocycles. The van der Waals surface area contributed by atoms with Crippen LogP contribution in [0.15, 0.2) is 42.6 Å².